The largest absolute Gasteiger partial charge is 0.506 e. The summed E-state index contributed by atoms with van der Waals surface area (Å²) in [5.41, 5.74) is 0.508. The quantitative estimate of drug-likeness (QED) is 0.593. The zero-order valence-corrected chi connectivity index (χ0v) is 8.75. The van der Waals surface area contributed by atoms with Gasteiger partial charge in [0.05, 0.1) is 0 Å². The van der Waals surface area contributed by atoms with Gasteiger partial charge in [-0.15, -0.1) is 0 Å². The molecule has 1 rings (SSSR count). The van der Waals surface area contributed by atoms with Crippen LogP contribution < -0.4 is 5.32 Å². The van der Waals surface area contributed by atoms with E-state index in [1.807, 2.05) is 13.1 Å². The molecule has 0 fully saturated rings. The molecule has 0 unspecified atom stereocenters. The van der Waals surface area contributed by atoms with Gasteiger partial charge in [-0.3, -0.25) is 0 Å². The van der Waals surface area contributed by atoms with E-state index in [4.69, 9.17) is 11.6 Å². The van der Waals surface area contributed by atoms with Crippen LogP contribution in [0.1, 0.15) is 12.1 Å². The van der Waals surface area contributed by atoms with Crippen LogP contribution in [0.3, 0.4) is 0 Å². The average molecular weight is 213 g/mol. The maximum absolute atomic E-state index is 9.40. The highest BCUT2D eigenvalue weighted by Gasteiger charge is 1.98. The minimum atomic E-state index is 0.148. The molecule has 1 aromatic rings. The Balaban J connectivity index is 2.65. The zero-order chi connectivity index (χ0) is 10.4. The van der Waals surface area contributed by atoms with Crippen LogP contribution >= 0.6 is 11.6 Å². The molecule has 0 spiro atoms. The van der Waals surface area contributed by atoms with Gasteiger partial charge >= 0.3 is 0 Å². The number of pyridine rings is 1. The van der Waals surface area contributed by atoms with Crippen LogP contribution in [0.2, 0.25) is 5.15 Å². The molecular formula is C10H13ClN2O. The van der Waals surface area contributed by atoms with Gasteiger partial charge < -0.3 is 10.4 Å². The molecule has 4 heteroatoms. The Morgan fingerprint density at radius 3 is 3.07 bits per heavy atom. The summed E-state index contributed by atoms with van der Waals surface area (Å²) in [5, 5.41) is 12.8. The molecule has 3 nitrogen and oxygen atoms in total. The number of aromatic hydroxyl groups is 1. The molecule has 76 valence electrons. The molecule has 0 bridgehead atoms. The number of aromatic nitrogens is 1. The first-order valence-electron chi connectivity index (χ1n) is 4.40. The summed E-state index contributed by atoms with van der Waals surface area (Å²) in [7, 11) is 1.89. The molecule has 14 heavy (non-hydrogen) atoms. The highest BCUT2D eigenvalue weighted by molar-refractivity contribution is 6.29. The van der Waals surface area contributed by atoms with E-state index in [1.165, 1.54) is 6.07 Å². The highest BCUT2D eigenvalue weighted by Crippen LogP contribution is 2.18. The molecule has 0 aliphatic heterocycles. The third kappa shape index (κ3) is 3.36. The van der Waals surface area contributed by atoms with Gasteiger partial charge in [-0.2, -0.15) is 0 Å². The van der Waals surface area contributed by atoms with E-state index in [2.05, 4.69) is 10.3 Å². The van der Waals surface area contributed by atoms with E-state index in [1.54, 1.807) is 12.1 Å². The summed E-state index contributed by atoms with van der Waals surface area (Å²) in [6.45, 7) is 0.901. The van der Waals surface area contributed by atoms with Gasteiger partial charge in [0, 0.05) is 0 Å². The molecule has 2 N–H and O–H groups in total. The van der Waals surface area contributed by atoms with Crippen molar-refractivity contribution >= 4 is 17.7 Å². The summed E-state index contributed by atoms with van der Waals surface area (Å²) in [6, 6.07) is 3.09. The molecule has 0 radical (unpaired) electrons. The summed E-state index contributed by atoms with van der Waals surface area (Å²) >= 11 is 5.69. The lowest BCUT2D eigenvalue weighted by molar-refractivity contribution is 0.471. The van der Waals surface area contributed by atoms with Crippen molar-refractivity contribution < 1.29 is 5.11 Å². The first-order valence-corrected chi connectivity index (χ1v) is 4.78. The molecule has 0 saturated carbocycles. The fourth-order valence-corrected chi connectivity index (χ4v) is 1.14. The number of rotatable bonds is 4. The molecule has 0 amide bonds. The van der Waals surface area contributed by atoms with Crippen LogP contribution in [0, 0.1) is 0 Å². The Morgan fingerprint density at radius 2 is 2.36 bits per heavy atom. The minimum absolute atomic E-state index is 0.148. The van der Waals surface area contributed by atoms with E-state index in [0.717, 1.165) is 13.0 Å². The van der Waals surface area contributed by atoms with E-state index in [-0.39, 0.29) is 5.75 Å². The average Bonchev–Trinajstić information content (AvgIpc) is 2.18. The van der Waals surface area contributed by atoms with Gasteiger partial charge in [0.15, 0.2) is 0 Å². The number of nitrogens with one attached hydrogen (secondary N) is 1. The number of hydrogen-bond acceptors (Lipinski definition) is 3. The zero-order valence-electron chi connectivity index (χ0n) is 8.00. The number of nitrogens with zero attached hydrogens (tertiary/aromatic N) is 1. The Hall–Kier alpha value is -1.06. The number of halogens is 1. The van der Waals surface area contributed by atoms with Crippen LogP contribution in [-0.2, 0) is 0 Å². The molecule has 0 aliphatic carbocycles. The monoisotopic (exact) mass is 212 g/mol. The molecule has 1 heterocycles. The fourth-order valence-electron chi connectivity index (χ4n) is 0.988. The smallest absolute Gasteiger partial charge is 0.141 e. The number of hydrogen-bond donors (Lipinski definition) is 2. The maximum Gasteiger partial charge on any atom is 0.141 e. The van der Waals surface area contributed by atoms with Crippen LogP contribution in [0.25, 0.3) is 6.08 Å². The lowest BCUT2D eigenvalue weighted by atomic mass is 10.3. The Bertz CT molecular complexity index is 326. The molecule has 0 aliphatic rings. The third-order valence-electron chi connectivity index (χ3n) is 1.71. The first kappa shape index (κ1) is 11.0. The van der Waals surface area contributed by atoms with Crippen LogP contribution in [0.5, 0.6) is 5.75 Å². The van der Waals surface area contributed by atoms with Gasteiger partial charge in [-0.05, 0) is 38.2 Å². The summed E-state index contributed by atoms with van der Waals surface area (Å²) in [4.78, 5) is 3.98. The summed E-state index contributed by atoms with van der Waals surface area (Å²) in [5.74, 6) is 0.148. The lowest BCUT2D eigenvalue weighted by Gasteiger charge is -1.98. The van der Waals surface area contributed by atoms with Gasteiger partial charge in [0.1, 0.15) is 16.6 Å². The van der Waals surface area contributed by atoms with Crippen molar-refractivity contribution in [2.24, 2.45) is 0 Å². The highest BCUT2D eigenvalue weighted by atomic mass is 35.5. The molecular weight excluding hydrogens is 200 g/mol. The fraction of sp³-hybridized carbons (Fsp3) is 0.300. The maximum atomic E-state index is 9.40. The van der Waals surface area contributed by atoms with E-state index < -0.39 is 0 Å². The van der Waals surface area contributed by atoms with Crippen LogP contribution in [-0.4, -0.2) is 23.7 Å². The predicted molar refractivity (Wildman–Crippen MR) is 58.5 cm³/mol. The lowest BCUT2D eigenvalue weighted by Crippen LogP contribution is -2.05. The van der Waals surface area contributed by atoms with Crippen LogP contribution in [0.4, 0.5) is 0 Å². The van der Waals surface area contributed by atoms with Crippen molar-refractivity contribution in [1.29, 1.82) is 0 Å². The molecule has 0 aromatic carbocycles. The van der Waals surface area contributed by atoms with Crippen molar-refractivity contribution in [2.45, 2.75) is 6.42 Å². The Morgan fingerprint density at radius 1 is 1.57 bits per heavy atom. The second kappa shape index (κ2) is 5.62. The van der Waals surface area contributed by atoms with Gasteiger partial charge in [0.2, 0.25) is 0 Å². The van der Waals surface area contributed by atoms with Gasteiger partial charge in [0.25, 0.3) is 0 Å². The van der Waals surface area contributed by atoms with Crippen molar-refractivity contribution in [3.8, 4) is 5.75 Å². The van der Waals surface area contributed by atoms with Crippen molar-refractivity contribution in [3.63, 3.8) is 0 Å². The minimum Gasteiger partial charge on any atom is -0.506 e. The molecule has 1 aromatic heterocycles. The first-order chi connectivity index (χ1) is 6.74. The Labute approximate surface area is 88.4 Å². The third-order valence-corrected chi connectivity index (χ3v) is 1.92. The van der Waals surface area contributed by atoms with Crippen molar-refractivity contribution in [2.75, 3.05) is 13.6 Å². The second-order valence-electron chi connectivity index (χ2n) is 2.83. The summed E-state index contributed by atoms with van der Waals surface area (Å²) < 4.78 is 0. The second-order valence-corrected chi connectivity index (χ2v) is 3.22. The van der Waals surface area contributed by atoms with E-state index >= 15 is 0 Å². The summed E-state index contributed by atoms with van der Waals surface area (Å²) in [6.07, 6.45) is 4.59. The van der Waals surface area contributed by atoms with Gasteiger partial charge in [-0.25, -0.2) is 4.98 Å². The van der Waals surface area contributed by atoms with Crippen molar-refractivity contribution in [1.82, 2.24) is 10.3 Å². The van der Waals surface area contributed by atoms with Gasteiger partial charge in [-0.1, -0.05) is 17.7 Å². The van der Waals surface area contributed by atoms with E-state index in [9.17, 15) is 5.11 Å². The molecule has 0 atom stereocenters. The SMILES string of the molecule is CNCCC=Cc1nc(Cl)ccc1O. The Kier molecular flexibility index (Phi) is 4.43. The topological polar surface area (TPSA) is 45.2 Å². The van der Waals surface area contributed by atoms with E-state index in [0.29, 0.717) is 10.8 Å². The predicted octanol–water partition coefficient (Wildman–Crippen LogP) is 2.06. The standard InChI is InChI=1S/C10H13ClN2O/c1-12-7-3-2-4-8-9(14)5-6-10(11)13-8/h2,4-6,12,14H,3,7H2,1H3. The van der Waals surface area contributed by atoms with Crippen LogP contribution in [0.15, 0.2) is 18.2 Å². The molecule has 0 saturated heterocycles. The normalized spacial score (nSPS) is 11.0. The van der Waals surface area contributed by atoms with Crippen molar-refractivity contribution in [3.05, 3.63) is 29.1 Å².